The molecule has 116 valence electrons. The number of hydrogen-bond acceptors (Lipinski definition) is 4. The quantitative estimate of drug-likeness (QED) is 0.510. The molecule has 22 heavy (non-hydrogen) atoms. The molecule has 1 amide bonds. The number of carbonyl (C=O) groups excluding carboxylic acids is 1. The predicted octanol–water partition coefficient (Wildman–Crippen LogP) is 4.10. The van der Waals surface area contributed by atoms with Gasteiger partial charge in [-0.25, -0.2) is 4.79 Å². The Morgan fingerprint density at radius 1 is 1.36 bits per heavy atom. The first kappa shape index (κ1) is 16.0. The van der Waals surface area contributed by atoms with Crippen LogP contribution in [-0.4, -0.2) is 23.5 Å². The summed E-state index contributed by atoms with van der Waals surface area (Å²) in [5.74, 6) is 0.273. The molecule has 0 aromatic heterocycles. The molecule has 0 radical (unpaired) electrons. The third-order valence-electron chi connectivity index (χ3n) is 3.19. The van der Waals surface area contributed by atoms with Gasteiger partial charge in [0, 0.05) is 22.9 Å². The molecule has 0 saturated heterocycles. The summed E-state index contributed by atoms with van der Waals surface area (Å²) in [6.45, 7) is 1.90. The molecule has 2 aromatic carbocycles. The molecule has 0 atom stereocenters. The molecule has 0 aliphatic carbocycles. The van der Waals surface area contributed by atoms with Gasteiger partial charge in [-0.2, -0.15) is 0 Å². The number of nitrogens with zero attached hydrogens (tertiary/aromatic N) is 1. The number of nitro benzene ring substituents is 1. The monoisotopic (exact) mass is 322 g/mol. The molecule has 0 bridgehead atoms. The van der Waals surface area contributed by atoms with Crippen LogP contribution in [0.3, 0.4) is 0 Å². The summed E-state index contributed by atoms with van der Waals surface area (Å²) in [5.41, 5.74) is 0.843. The van der Waals surface area contributed by atoms with Crippen molar-refractivity contribution in [2.75, 3.05) is 17.8 Å². The van der Waals surface area contributed by atoms with Crippen LogP contribution in [0.1, 0.15) is 12.5 Å². The average molecular weight is 323 g/mol. The summed E-state index contributed by atoms with van der Waals surface area (Å²) in [4.78, 5) is 22.5. The van der Waals surface area contributed by atoms with Gasteiger partial charge in [0.25, 0.3) is 5.69 Å². The van der Waals surface area contributed by atoms with E-state index in [9.17, 15) is 14.9 Å². The molecule has 0 spiro atoms. The SMILES string of the molecule is CCOC(=O)Nc1cc([N+](=O)[O-])c(CCCl)c2ccccc12. The Hall–Kier alpha value is -2.34. The second-order valence-electron chi connectivity index (χ2n) is 4.51. The van der Waals surface area contributed by atoms with Gasteiger partial charge in [0.15, 0.2) is 0 Å². The average Bonchev–Trinajstić information content (AvgIpc) is 2.49. The molecule has 0 fully saturated rings. The largest absolute Gasteiger partial charge is 0.450 e. The number of halogens is 1. The molecule has 2 rings (SSSR count). The van der Waals surface area contributed by atoms with E-state index in [4.69, 9.17) is 16.3 Å². The molecule has 0 aliphatic rings. The molecule has 0 aliphatic heterocycles. The van der Waals surface area contributed by atoms with Crippen molar-refractivity contribution in [3.05, 3.63) is 46.0 Å². The highest BCUT2D eigenvalue weighted by atomic mass is 35.5. The number of carbonyl (C=O) groups is 1. The maximum Gasteiger partial charge on any atom is 0.411 e. The highest BCUT2D eigenvalue weighted by molar-refractivity contribution is 6.18. The highest BCUT2D eigenvalue weighted by Crippen LogP contribution is 2.34. The maximum atomic E-state index is 11.6. The van der Waals surface area contributed by atoms with Crippen LogP contribution in [0.4, 0.5) is 16.2 Å². The van der Waals surface area contributed by atoms with Crippen LogP contribution in [0.15, 0.2) is 30.3 Å². The first-order valence-electron chi connectivity index (χ1n) is 6.77. The van der Waals surface area contributed by atoms with Gasteiger partial charge in [-0.15, -0.1) is 11.6 Å². The van der Waals surface area contributed by atoms with Crippen molar-refractivity contribution in [1.29, 1.82) is 0 Å². The Labute approximate surface area is 132 Å². The van der Waals surface area contributed by atoms with E-state index in [1.54, 1.807) is 31.2 Å². The van der Waals surface area contributed by atoms with Crippen molar-refractivity contribution in [3.63, 3.8) is 0 Å². The minimum atomic E-state index is -0.646. The van der Waals surface area contributed by atoms with E-state index >= 15 is 0 Å². The third-order valence-corrected chi connectivity index (χ3v) is 3.37. The third kappa shape index (κ3) is 3.28. The van der Waals surface area contributed by atoms with Crippen LogP contribution < -0.4 is 5.32 Å². The van der Waals surface area contributed by atoms with Gasteiger partial charge >= 0.3 is 6.09 Å². The summed E-state index contributed by atoms with van der Waals surface area (Å²) >= 11 is 5.77. The first-order chi connectivity index (χ1) is 10.6. The summed E-state index contributed by atoms with van der Waals surface area (Å²) in [6, 6.07) is 8.51. The Kier molecular flexibility index (Phi) is 5.16. The smallest absolute Gasteiger partial charge is 0.411 e. The first-order valence-corrected chi connectivity index (χ1v) is 7.30. The summed E-state index contributed by atoms with van der Waals surface area (Å²) in [7, 11) is 0. The fourth-order valence-electron chi connectivity index (χ4n) is 2.32. The van der Waals surface area contributed by atoms with Crippen LogP contribution in [0, 0.1) is 10.1 Å². The number of benzene rings is 2. The lowest BCUT2D eigenvalue weighted by Gasteiger charge is -2.12. The number of amides is 1. The number of ether oxygens (including phenoxy) is 1. The van der Waals surface area contributed by atoms with Crippen molar-refractivity contribution >= 4 is 39.8 Å². The molecule has 1 N–H and O–H groups in total. The number of fused-ring (bicyclic) bond motifs is 1. The van der Waals surface area contributed by atoms with Crippen LogP contribution >= 0.6 is 11.6 Å². The number of nitrogens with one attached hydrogen (secondary N) is 1. The van der Waals surface area contributed by atoms with Crippen LogP contribution in [-0.2, 0) is 11.2 Å². The minimum Gasteiger partial charge on any atom is -0.450 e. The second kappa shape index (κ2) is 7.09. The fraction of sp³-hybridized carbons (Fsp3) is 0.267. The lowest BCUT2D eigenvalue weighted by atomic mass is 9.99. The molecule has 0 saturated carbocycles. The van der Waals surface area contributed by atoms with Crippen molar-refractivity contribution in [3.8, 4) is 0 Å². The Morgan fingerprint density at radius 3 is 2.64 bits per heavy atom. The maximum absolute atomic E-state index is 11.6. The summed E-state index contributed by atoms with van der Waals surface area (Å²) in [6.07, 6.45) is -0.273. The van der Waals surface area contributed by atoms with E-state index in [0.29, 0.717) is 28.4 Å². The fourth-order valence-corrected chi connectivity index (χ4v) is 2.51. The van der Waals surface area contributed by atoms with Gasteiger partial charge in [-0.3, -0.25) is 15.4 Å². The molecule has 0 heterocycles. The van der Waals surface area contributed by atoms with E-state index < -0.39 is 11.0 Å². The van der Waals surface area contributed by atoms with Crippen LogP contribution in [0.25, 0.3) is 10.8 Å². The topological polar surface area (TPSA) is 81.5 Å². The van der Waals surface area contributed by atoms with Gasteiger partial charge in [0.05, 0.1) is 17.2 Å². The van der Waals surface area contributed by atoms with E-state index in [0.717, 1.165) is 0 Å². The summed E-state index contributed by atoms with van der Waals surface area (Å²) in [5, 5.41) is 15.3. The Balaban J connectivity index is 2.64. The zero-order chi connectivity index (χ0) is 16.1. The van der Waals surface area contributed by atoms with Gasteiger partial charge in [-0.1, -0.05) is 24.3 Å². The van der Waals surface area contributed by atoms with Gasteiger partial charge in [-0.05, 0) is 18.7 Å². The van der Waals surface area contributed by atoms with Crippen LogP contribution in [0.5, 0.6) is 0 Å². The molecule has 6 nitrogen and oxygen atoms in total. The number of hydrogen-bond donors (Lipinski definition) is 1. The van der Waals surface area contributed by atoms with Gasteiger partial charge in [0.2, 0.25) is 0 Å². The Morgan fingerprint density at radius 2 is 2.05 bits per heavy atom. The molecular weight excluding hydrogens is 308 g/mol. The Bertz CT molecular complexity index is 718. The van der Waals surface area contributed by atoms with Crippen molar-refractivity contribution in [2.45, 2.75) is 13.3 Å². The van der Waals surface area contributed by atoms with E-state index in [1.165, 1.54) is 6.07 Å². The van der Waals surface area contributed by atoms with Crippen molar-refractivity contribution < 1.29 is 14.5 Å². The summed E-state index contributed by atoms with van der Waals surface area (Å²) < 4.78 is 4.83. The van der Waals surface area contributed by atoms with Gasteiger partial charge < -0.3 is 4.74 Å². The minimum absolute atomic E-state index is 0.0638. The van der Waals surface area contributed by atoms with E-state index in [2.05, 4.69) is 5.32 Å². The molecule has 7 heteroatoms. The highest BCUT2D eigenvalue weighted by Gasteiger charge is 2.20. The lowest BCUT2D eigenvalue weighted by molar-refractivity contribution is -0.385. The van der Waals surface area contributed by atoms with Crippen LogP contribution in [0.2, 0.25) is 0 Å². The zero-order valence-electron chi connectivity index (χ0n) is 12.0. The number of nitro groups is 1. The van der Waals surface area contributed by atoms with Crippen molar-refractivity contribution in [2.24, 2.45) is 0 Å². The van der Waals surface area contributed by atoms with Crippen molar-refractivity contribution in [1.82, 2.24) is 0 Å². The van der Waals surface area contributed by atoms with E-state index in [1.807, 2.05) is 0 Å². The molecule has 2 aromatic rings. The normalized spacial score (nSPS) is 10.5. The molecular formula is C15H15ClN2O4. The molecule has 0 unspecified atom stereocenters. The number of aryl methyl sites for hydroxylation is 1. The standard InChI is InChI=1S/C15H15ClN2O4/c1-2-22-15(19)17-13-9-14(18(20)21)12(7-8-16)10-5-3-4-6-11(10)13/h3-6,9H,2,7-8H2,1H3,(H,17,19). The number of anilines is 1. The zero-order valence-corrected chi connectivity index (χ0v) is 12.7. The lowest BCUT2D eigenvalue weighted by Crippen LogP contribution is -2.14. The van der Waals surface area contributed by atoms with Gasteiger partial charge in [0.1, 0.15) is 0 Å². The van der Waals surface area contributed by atoms with E-state index in [-0.39, 0.29) is 18.2 Å². The second-order valence-corrected chi connectivity index (χ2v) is 4.89. The predicted molar refractivity (Wildman–Crippen MR) is 85.7 cm³/mol. The number of rotatable bonds is 5. The number of alkyl halides is 1.